The standard InChI is InChI=1S/C17H22ClF2N3O2.C3H8/c1-12(13(10-19)5-3-4-6-18)16(24)22-14-9-15(20)17(25)23(11-14)8-7-21-2;1-3-2/h4,6,9-12,21H,3,5,7-8H2,1-2H3,(H,22,24);3H2,1-2H3/b6-4+,13-10+;. The fraction of sp³-hybridized carbons (Fsp3) is 0.500. The molecule has 1 aromatic heterocycles. The van der Waals surface area contributed by atoms with E-state index in [4.69, 9.17) is 11.6 Å². The lowest BCUT2D eigenvalue weighted by atomic mass is 9.97. The first-order chi connectivity index (χ1) is 13.4. The summed E-state index contributed by atoms with van der Waals surface area (Å²) in [5.41, 5.74) is 1.01. The lowest BCUT2D eigenvalue weighted by Gasteiger charge is -2.15. The highest BCUT2D eigenvalue weighted by Gasteiger charge is 2.19. The van der Waals surface area contributed by atoms with Gasteiger partial charge >= 0.3 is 0 Å². The highest BCUT2D eigenvalue weighted by Crippen LogP contribution is 2.20. The van der Waals surface area contributed by atoms with Gasteiger partial charge in [0.15, 0.2) is 5.82 Å². The zero-order chi connectivity index (χ0) is 21.5. The SMILES string of the molecule is CCC.CNCCn1cc(NC(=O)C(C)/C(=C/F)CC/C=C/Cl)cc(F)c1=O. The molecule has 0 aliphatic heterocycles. The van der Waals surface area contributed by atoms with Crippen molar-refractivity contribution in [2.24, 2.45) is 5.92 Å². The number of carbonyl (C=O) groups is 1. The maximum atomic E-state index is 13.8. The second kappa shape index (κ2) is 15.0. The van der Waals surface area contributed by atoms with Gasteiger partial charge in [-0.2, -0.15) is 0 Å². The van der Waals surface area contributed by atoms with Crippen LogP contribution in [0.25, 0.3) is 0 Å². The Bertz CT molecular complexity index is 718. The number of nitrogens with one attached hydrogen (secondary N) is 2. The van der Waals surface area contributed by atoms with Crippen molar-refractivity contribution in [1.29, 1.82) is 0 Å². The highest BCUT2D eigenvalue weighted by atomic mass is 35.5. The number of nitrogens with zero attached hydrogens (tertiary/aromatic N) is 1. The number of allylic oxidation sites excluding steroid dienone is 1. The van der Waals surface area contributed by atoms with Crippen LogP contribution in [0.1, 0.15) is 40.0 Å². The third-order valence-electron chi connectivity index (χ3n) is 3.69. The van der Waals surface area contributed by atoms with Crippen molar-refractivity contribution in [1.82, 2.24) is 9.88 Å². The van der Waals surface area contributed by atoms with Crippen molar-refractivity contribution in [3.63, 3.8) is 0 Å². The van der Waals surface area contributed by atoms with E-state index in [0.29, 0.717) is 31.3 Å². The summed E-state index contributed by atoms with van der Waals surface area (Å²) in [7, 11) is 1.71. The molecule has 0 bridgehead atoms. The Hall–Kier alpha value is -1.99. The molecule has 0 aromatic carbocycles. The number of amides is 1. The van der Waals surface area contributed by atoms with Gasteiger partial charge in [-0.1, -0.05) is 37.9 Å². The van der Waals surface area contributed by atoms with Crippen LogP contribution in [-0.2, 0) is 11.3 Å². The van der Waals surface area contributed by atoms with Gasteiger partial charge in [0.25, 0.3) is 5.56 Å². The zero-order valence-electron chi connectivity index (χ0n) is 16.9. The molecule has 1 heterocycles. The van der Waals surface area contributed by atoms with Crippen LogP contribution >= 0.6 is 11.6 Å². The van der Waals surface area contributed by atoms with Gasteiger partial charge in [0.1, 0.15) is 0 Å². The van der Waals surface area contributed by atoms with Gasteiger partial charge in [0.2, 0.25) is 5.91 Å². The Morgan fingerprint density at radius 1 is 1.39 bits per heavy atom. The highest BCUT2D eigenvalue weighted by molar-refractivity contribution is 6.25. The van der Waals surface area contributed by atoms with E-state index in [1.54, 1.807) is 20.0 Å². The third kappa shape index (κ3) is 9.28. The molecule has 28 heavy (non-hydrogen) atoms. The van der Waals surface area contributed by atoms with Crippen molar-refractivity contribution in [3.8, 4) is 0 Å². The average Bonchev–Trinajstić information content (AvgIpc) is 2.67. The second-order valence-corrected chi connectivity index (χ2v) is 6.43. The maximum Gasteiger partial charge on any atom is 0.286 e. The Morgan fingerprint density at radius 3 is 2.57 bits per heavy atom. The Kier molecular flexibility index (Phi) is 13.9. The summed E-state index contributed by atoms with van der Waals surface area (Å²) in [6.07, 6.45) is 5.51. The minimum Gasteiger partial charge on any atom is -0.324 e. The molecular formula is C20H30ClF2N3O2. The van der Waals surface area contributed by atoms with E-state index in [0.717, 1.165) is 6.07 Å². The van der Waals surface area contributed by atoms with Crippen molar-refractivity contribution < 1.29 is 13.6 Å². The largest absolute Gasteiger partial charge is 0.324 e. The minimum absolute atomic E-state index is 0.143. The molecule has 0 saturated heterocycles. The van der Waals surface area contributed by atoms with E-state index >= 15 is 0 Å². The molecule has 8 heteroatoms. The lowest BCUT2D eigenvalue weighted by molar-refractivity contribution is -0.118. The van der Waals surface area contributed by atoms with Crippen LogP contribution in [0.3, 0.4) is 0 Å². The summed E-state index contributed by atoms with van der Waals surface area (Å²) >= 11 is 5.42. The molecule has 0 radical (unpaired) electrons. The van der Waals surface area contributed by atoms with Gasteiger partial charge in [0.05, 0.1) is 17.9 Å². The van der Waals surface area contributed by atoms with Crippen molar-refractivity contribution in [3.05, 3.63) is 51.9 Å². The van der Waals surface area contributed by atoms with Gasteiger partial charge in [0, 0.05) is 30.9 Å². The number of hydrogen-bond acceptors (Lipinski definition) is 3. The molecule has 1 aromatic rings. The number of anilines is 1. The normalized spacial score (nSPS) is 12.5. The maximum absolute atomic E-state index is 13.8. The lowest BCUT2D eigenvalue weighted by Crippen LogP contribution is -2.29. The molecule has 1 amide bonds. The first-order valence-corrected chi connectivity index (χ1v) is 9.69. The zero-order valence-corrected chi connectivity index (χ0v) is 17.7. The molecule has 1 atom stereocenters. The Morgan fingerprint density at radius 2 is 2.04 bits per heavy atom. The number of carbonyl (C=O) groups excluding carboxylic acids is 1. The molecule has 0 aliphatic rings. The molecule has 0 spiro atoms. The number of rotatable bonds is 9. The first-order valence-electron chi connectivity index (χ1n) is 9.25. The van der Waals surface area contributed by atoms with Crippen LogP contribution in [0.5, 0.6) is 0 Å². The number of aromatic nitrogens is 1. The molecule has 158 valence electrons. The Balaban J connectivity index is 0.00000227. The van der Waals surface area contributed by atoms with Gasteiger partial charge in [-0.25, -0.2) is 8.78 Å². The van der Waals surface area contributed by atoms with Crippen molar-refractivity contribution >= 4 is 23.2 Å². The van der Waals surface area contributed by atoms with Gasteiger partial charge in [-0.15, -0.1) is 0 Å². The molecule has 1 rings (SSSR count). The van der Waals surface area contributed by atoms with E-state index in [2.05, 4.69) is 24.5 Å². The van der Waals surface area contributed by atoms with Crippen molar-refractivity contribution in [2.75, 3.05) is 18.9 Å². The summed E-state index contributed by atoms with van der Waals surface area (Å²) < 4.78 is 28.0. The van der Waals surface area contributed by atoms with Crippen LogP contribution in [0.2, 0.25) is 0 Å². The van der Waals surface area contributed by atoms with Crippen molar-refractivity contribution in [2.45, 2.75) is 46.6 Å². The van der Waals surface area contributed by atoms with E-state index in [9.17, 15) is 18.4 Å². The van der Waals surface area contributed by atoms with E-state index < -0.39 is 23.2 Å². The molecule has 0 saturated carbocycles. The van der Waals surface area contributed by atoms with Crippen LogP contribution in [0.4, 0.5) is 14.5 Å². The first kappa shape index (κ1) is 26.0. The number of hydrogen-bond donors (Lipinski definition) is 2. The smallest absolute Gasteiger partial charge is 0.286 e. The van der Waals surface area contributed by atoms with Gasteiger partial charge < -0.3 is 15.2 Å². The third-order valence-corrected chi connectivity index (χ3v) is 3.87. The summed E-state index contributed by atoms with van der Waals surface area (Å²) in [5.74, 6) is -2.19. The van der Waals surface area contributed by atoms with Gasteiger partial charge in [-0.05, 0) is 32.4 Å². The summed E-state index contributed by atoms with van der Waals surface area (Å²) in [4.78, 5) is 24.0. The molecular weight excluding hydrogens is 388 g/mol. The predicted octanol–water partition coefficient (Wildman–Crippen LogP) is 4.58. The van der Waals surface area contributed by atoms with Crippen LogP contribution in [-0.4, -0.2) is 24.1 Å². The number of pyridine rings is 1. The van der Waals surface area contributed by atoms with E-state index in [1.165, 1.54) is 22.7 Å². The predicted molar refractivity (Wildman–Crippen MR) is 112 cm³/mol. The molecule has 2 N–H and O–H groups in total. The van der Waals surface area contributed by atoms with Crippen LogP contribution in [0.15, 0.2) is 40.6 Å². The molecule has 1 unspecified atom stereocenters. The average molecular weight is 418 g/mol. The number of likely N-dealkylation sites (N-methyl/N-ethyl adjacent to an activating group) is 1. The van der Waals surface area contributed by atoms with Gasteiger partial charge in [-0.3, -0.25) is 9.59 Å². The fourth-order valence-corrected chi connectivity index (χ4v) is 2.29. The topological polar surface area (TPSA) is 63.1 Å². The second-order valence-electron chi connectivity index (χ2n) is 6.18. The Labute approximate surface area is 170 Å². The van der Waals surface area contributed by atoms with Crippen LogP contribution in [0, 0.1) is 11.7 Å². The quantitative estimate of drug-likeness (QED) is 0.618. The molecule has 0 aliphatic carbocycles. The van der Waals surface area contributed by atoms with E-state index in [-0.39, 0.29) is 12.2 Å². The summed E-state index contributed by atoms with van der Waals surface area (Å²) in [6, 6.07) is 0.956. The fourth-order valence-electron chi connectivity index (χ4n) is 2.16. The van der Waals surface area contributed by atoms with E-state index in [1.807, 2.05) is 0 Å². The monoisotopic (exact) mass is 417 g/mol. The van der Waals surface area contributed by atoms with Crippen LogP contribution < -0.4 is 16.2 Å². The molecule has 5 nitrogen and oxygen atoms in total. The number of halogens is 3. The molecule has 0 fully saturated rings. The minimum atomic E-state index is -0.963. The summed E-state index contributed by atoms with van der Waals surface area (Å²) in [6.45, 7) is 6.53. The summed E-state index contributed by atoms with van der Waals surface area (Å²) in [5, 5.41) is 5.38.